The second-order valence-corrected chi connectivity index (χ2v) is 4.44. The number of halogens is 1. The summed E-state index contributed by atoms with van der Waals surface area (Å²) in [5, 5.41) is 9.58. The molecular weight excluding hydrogens is 246 g/mol. The van der Waals surface area contributed by atoms with Crippen LogP contribution < -0.4 is 4.90 Å². The normalized spacial score (nSPS) is 9.83. The molecule has 0 bridgehead atoms. The third kappa shape index (κ3) is 2.99. The largest absolute Gasteiger partial charge is 0.355 e. The predicted molar refractivity (Wildman–Crippen MR) is 72.5 cm³/mol. The molecule has 0 spiro atoms. The van der Waals surface area contributed by atoms with Crippen LogP contribution in [0, 0.1) is 11.3 Å². The molecule has 0 N–H and O–H groups in total. The van der Waals surface area contributed by atoms with Crippen LogP contribution in [0.2, 0.25) is 5.02 Å². The van der Waals surface area contributed by atoms with Crippen molar-refractivity contribution in [3.05, 3.63) is 58.7 Å². The van der Waals surface area contributed by atoms with Crippen molar-refractivity contribution < 1.29 is 0 Å². The van der Waals surface area contributed by atoms with Crippen LogP contribution in [0.5, 0.6) is 0 Å². The first-order chi connectivity index (χ1) is 8.69. The van der Waals surface area contributed by atoms with Crippen molar-refractivity contribution in [2.75, 3.05) is 11.9 Å². The zero-order valence-corrected chi connectivity index (χ0v) is 10.7. The SMILES string of the molecule is CN(Cc1cccc(Cl)c1)c1cc(C#N)ccn1. The third-order valence-corrected chi connectivity index (χ3v) is 2.81. The van der Waals surface area contributed by atoms with Crippen molar-refractivity contribution >= 4 is 17.4 Å². The maximum atomic E-state index is 8.86. The zero-order valence-electron chi connectivity index (χ0n) is 9.97. The second kappa shape index (κ2) is 5.52. The number of hydrogen-bond acceptors (Lipinski definition) is 3. The van der Waals surface area contributed by atoms with Gasteiger partial charge in [0.15, 0.2) is 0 Å². The van der Waals surface area contributed by atoms with Crippen LogP contribution in [-0.2, 0) is 6.54 Å². The lowest BCUT2D eigenvalue weighted by molar-refractivity contribution is 0.897. The van der Waals surface area contributed by atoms with E-state index in [9.17, 15) is 0 Å². The Balaban J connectivity index is 2.17. The molecule has 0 saturated heterocycles. The van der Waals surface area contributed by atoms with Gasteiger partial charge in [-0.3, -0.25) is 0 Å². The Kier molecular flexibility index (Phi) is 3.81. The fourth-order valence-electron chi connectivity index (χ4n) is 1.69. The van der Waals surface area contributed by atoms with Crippen LogP contribution in [0.25, 0.3) is 0 Å². The second-order valence-electron chi connectivity index (χ2n) is 4.00. The molecule has 18 heavy (non-hydrogen) atoms. The molecule has 0 saturated carbocycles. The highest BCUT2D eigenvalue weighted by molar-refractivity contribution is 6.30. The van der Waals surface area contributed by atoms with Crippen LogP contribution in [0.15, 0.2) is 42.6 Å². The summed E-state index contributed by atoms with van der Waals surface area (Å²) >= 11 is 5.94. The average Bonchev–Trinajstić information content (AvgIpc) is 2.39. The first-order valence-corrected chi connectivity index (χ1v) is 5.88. The van der Waals surface area contributed by atoms with E-state index in [1.54, 1.807) is 18.3 Å². The van der Waals surface area contributed by atoms with Gasteiger partial charge in [0.05, 0.1) is 11.6 Å². The van der Waals surface area contributed by atoms with E-state index in [4.69, 9.17) is 16.9 Å². The minimum Gasteiger partial charge on any atom is -0.355 e. The standard InChI is InChI=1S/C14H12ClN3/c1-18(10-12-3-2-4-13(15)7-12)14-8-11(9-16)5-6-17-14/h2-8H,10H2,1H3. The van der Waals surface area contributed by atoms with Gasteiger partial charge in [-0.15, -0.1) is 0 Å². The first kappa shape index (κ1) is 12.4. The fourth-order valence-corrected chi connectivity index (χ4v) is 1.90. The Hall–Kier alpha value is -2.05. The number of pyridine rings is 1. The highest BCUT2D eigenvalue weighted by Gasteiger charge is 2.04. The van der Waals surface area contributed by atoms with E-state index in [-0.39, 0.29) is 0 Å². The third-order valence-electron chi connectivity index (χ3n) is 2.57. The molecule has 4 heteroatoms. The molecule has 90 valence electrons. The molecule has 0 fully saturated rings. The van der Waals surface area contributed by atoms with Gasteiger partial charge in [-0.2, -0.15) is 5.26 Å². The van der Waals surface area contributed by atoms with E-state index in [1.807, 2.05) is 36.2 Å². The molecular formula is C14H12ClN3. The number of nitrogens with zero attached hydrogens (tertiary/aromatic N) is 3. The highest BCUT2D eigenvalue weighted by Crippen LogP contribution is 2.16. The van der Waals surface area contributed by atoms with Gasteiger partial charge in [-0.25, -0.2) is 4.98 Å². The Morgan fingerprint density at radius 1 is 1.33 bits per heavy atom. The Bertz CT molecular complexity index is 590. The van der Waals surface area contributed by atoms with E-state index in [1.165, 1.54) is 0 Å². The van der Waals surface area contributed by atoms with E-state index >= 15 is 0 Å². The van der Waals surface area contributed by atoms with Gasteiger partial charge in [0.1, 0.15) is 5.82 Å². The van der Waals surface area contributed by atoms with Crippen LogP contribution in [0.1, 0.15) is 11.1 Å². The van der Waals surface area contributed by atoms with E-state index in [0.29, 0.717) is 12.1 Å². The molecule has 3 nitrogen and oxygen atoms in total. The Morgan fingerprint density at radius 3 is 2.89 bits per heavy atom. The molecule has 0 atom stereocenters. The van der Waals surface area contributed by atoms with Crippen LogP contribution in [-0.4, -0.2) is 12.0 Å². The van der Waals surface area contributed by atoms with E-state index < -0.39 is 0 Å². The van der Waals surface area contributed by atoms with Crippen LogP contribution in [0.4, 0.5) is 5.82 Å². The highest BCUT2D eigenvalue weighted by atomic mass is 35.5. The number of aromatic nitrogens is 1. The molecule has 1 heterocycles. The predicted octanol–water partition coefficient (Wildman–Crippen LogP) is 3.24. The van der Waals surface area contributed by atoms with Crippen molar-refractivity contribution in [1.29, 1.82) is 5.26 Å². The van der Waals surface area contributed by atoms with Crippen molar-refractivity contribution in [3.8, 4) is 6.07 Å². The molecule has 1 aromatic heterocycles. The van der Waals surface area contributed by atoms with Gasteiger partial charge in [0.25, 0.3) is 0 Å². The van der Waals surface area contributed by atoms with Gasteiger partial charge in [-0.1, -0.05) is 23.7 Å². The topological polar surface area (TPSA) is 39.9 Å². The maximum absolute atomic E-state index is 8.86. The Morgan fingerprint density at radius 2 is 2.17 bits per heavy atom. The van der Waals surface area contributed by atoms with Crippen molar-refractivity contribution in [3.63, 3.8) is 0 Å². The van der Waals surface area contributed by atoms with Gasteiger partial charge < -0.3 is 4.90 Å². The molecule has 0 radical (unpaired) electrons. The summed E-state index contributed by atoms with van der Waals surface area (Å²) in [5.74, 6) is 0.772. The average molecular weight is 258 g/mol. The van der Waals surface area contributed by atoms with E-state index in [2.05, 4.69) is 11.1 Å². The molecule has 0 aliphatic heterocycles. The van der Waals surface area contributed by atoms with E-state index in [0.717, 1.165) is 16.4 Å². The minimum atomic E-state index is 0.609. The van der Waals surface area contributed by atoms with Crippen LogP contribution >= 0.6 is 11.6 Å². The summed E-state index contributed by atoms with van der Waals surface area (Å²) in [4.78, 5) is 6.23. The monoisotopic (exact) mass is 257 g/mol. The van der Waals surface area contributed by atoms with Crippen LogP contribution in [0.3, 0.4) is 0 Å². The van der Waals surface area contributed by atoms with Crippen molar-refractivity contribution in [2.45, 2.75) is 6.54 Å². The number of hydrogen-bond donors (Lipinski definition) is 0. The molecule has 0 aliphatic rings. The number of benzene rings is 1. The summed E-state index contributed by atoms with van der Waals surface area (Å²) in [5.41, 5.74) is 1.71. The summed E-state index contributed by atoms with van der Waals surface area (Å²) in [6.07, 6.45) is 1.64. The Labute approximate surface area is 111 Å². The number of anilines is 1. The summed E-state index contributed by atoms with van der Waals surface area (Å²) < 4.78 is 0. The van der Waals surface area contributed by atoms with Gasteiger partial charge in [0, 0.05) is 24.8 Å². The van der Waals surface area contributed by atoms with Gasteiger partial charge in [0.2, 0.25) is 0 Å². The maximum Gasteiger partial charge on any atom is 0.129 e. The quantitative estimate of drug-likeness (QED) is 0.847. The number of rotatable bonds is 3. The minimum absolute atomic E-state index is 0.609. The molecule has 2 aromatic rings. The molecule has 1 aromatic carbocycles. The molecule has 2 rings (SSSR count). The lowest BCUT2D eigenvalue weighted by Gasteiger charge is -2.18. The molecule has 0 aliphatic carbocycles. The lowest BCUT2D eigenvalue weighted by Crippen LogP contribution is -2.17. The summed E-state index contributed by atoms with van der Waals surface area (Å²) in [6.45, 7) is 0.697. The number of nitriles is 1. The van der Waals surface area contributed by atoms with Gasteiger partial charge >= 0.3 is 0 Å². The lowest BCUT2D eigenvalue weighted by atomic mass is 10.2. The smallest absolute Gasteiger partial charge is 0.129 e. The summed E-state index contributed by atoms with van der Waals surface area (Å²) in [6, 6.07) is 13.3. The molecule has 0 unspecified atom stereocenters. The summed E-state index contributed by atoms with van der Waals surface area (Å²) in [7, 11) is 1.93. The van der Waals surface area contributed by atoms with Gasteiger partial charge in [-0.05, 0) is 29.8 Å². The van der Waals surface area contributed by atoms with Crippen molar-refractivity contribution in [2.24, 2.45) is 0 Å². The van der Waals surface area contributed by atoms with Crippen molar-refractivity contribution in [1.82, 2.24) is 4.98 Å². The fraction of sp³-hybridized carbons (Fsp3) is 0.143. The zero-order chi connectivity index (χ0) is 13.0. The first-order valence-electron chi connectivity index (χ1n) is 5.51. The molecule has 0 amide bonds.